The molecule has 1 saturated heterocycles. The van der Waals surface area contributed by atoms with E-state index in [0.29, 0.717) is 22.8 Å². The molecular formula is C16H17N3O6S. The van der Waals surface area contributed by atoms with Gasteiger partial charge in [-0.05, 0) is 23.9 Å². The SMILES string of the molecule is COC(=O)C=C1SC(=NN=Cc2cc(OC)c(OC)c(OC)c2)NC1=O. The van der Waals surface area contributed by atoms with Crippen molar-refractivity contribution in [1.29, 1.82) is 0 Å². The van der Waals surface area contributed by atoms with Gasteiger partial charge in [-0.3, -0.25) is 10.1 Å². The van der Waals surface area contributed by atoms with Gasteiger partial charge in [-0.25, -0.2) is 4.79 Å². The first kappa shape index (κ1) is 19.3. The Balaban J connectivity index is 2.18. The van der Waals surface area contributed by atoms with Gasteiger partial charge in [-0.1, -0.05) is 0 Å². The number of benzene rings is 1. The first-order valence-electron chi connectivity index (χ1n) is 7.22. The van der Waals surface area contributed by atoms with E-state index >= 15 is 0 Å². The molecule has 0 bridgehead atoms. The monoisotopic (exact) mass is 379 g/mol. The minimum atomic E-state index is -0.621. The van der Waals surface area contributed by atoms with Gasteiger partial charge < -0.3 is 18.9 Å². The van der Waals surface area contributed by atoms with Gasteiger partial charge in [0.15, 0.2) is 16.7 Å². The zero-order valence-corrected chi connectivity index (χ0v) is 15.4. The fourth-order valence-electron chi connectivity index (χ4n) is 1.96. The molecule has 1 aromatic carbocycles. The maximum absolute atomic E-state index is 11.7. The van der Waals surface area contributed by atoms with Crippen molar-refractivity contribution in [1.82, 2.24) is 5.32 Å². The molecule has 1 aliphatic rings. The summed E-state index contributed by atoms with van der Waals surface area (Å²) in [6.45, 7) is 0. The molecule has 0 unspecified atom stereocenters. The van der Waals surface area contributed by atoms with Crippen LogP contribution in [0.25, 0.3) is 0 Å². The molecule has 0 atom stereocenters. The van der Waals surface area contributed by atoms with Crippen LogP contribution in [0, 0.1) is 0 Å². The highest BCUT2D eigenvalue weighted by atomic mass is 32.2. The van der Waals surface area contributed by atoms with E-state index in [2.05, 4.69) is 20.3 Å². The second kappa shape index (κ2) is 8.90. The molecule has 10 heteroatoms. The number of thioether (sulfide) groups is 1. The second-order valence-electron chi connectivity index (χ2n) is 4.70. The van der Waals surface area contributed by atoms with Gasteiger partial charge in [0, 0.05) is 11.6 Å². The largest absolute Gasteiger partial charge is 0.493 e. The van der Waals surface area contributed by atoms with Crippen LogP contribution in [0.4, 0.5) is 0 Å². The molecule has 0 radical (unpaired) electrons. The van der Waals surface area contributed by atoms with Crippen LogP contribution in [0.2, 0.25) is 0 Å². The Kier molecular flexibility index (Phi) is 6.61. The molecule has 0 spiro atoms. The number of rotatable bonds is 6. The van der Waals surface area contributed by atoms with Crippen LogP contribution >= 0.6 is 11.8 Å². The molecule has 26 heavy (non-hydrogen) atoms. The number of ether oxygens (including phenoxy) is 4. The summed E-state index contributed by atoms with van der Waals surface area (Å²) in [5.41, 5.74) is 0.656. The van der Waals surface area contributed by atoms with Crippen LogP contribution in [-0.2, 0) is 14.3 Å². The van der Waals surface area contributed by atoms with Crippen LogP contribution in [0.1, 0.15) is 5.56 Å². The van der Waals surface area contributed by atoms with Gasteiger partial charge in [0.25, 0.3) is 5.91 Å². The first-order valence-corrected chi connectivity index (χ1v) is 8.04. The van der Waals surface area contributed by atoms with E-state index in [-0.39, 0.29) is 10.1 Å². The number of nitrogens with one attached hydrogen (secondary N) is 1. The van der Waals surface area contributed by atoms with Gasteiger partial charge in [-0.15, -0.1) is 5.10 Å². The van der Waals surface area contributed by atoms with Crippen molar-refractivity contribution < 1.29 is 28.5 Å². The average molecular weight is 379 g/mol. The first-order chi connectivity index (χ1) is 12.5. The molecule has 2 rings (SSSR count). The van der Waals surface area contributed by atoms with Crippen molar-refractivity contribution in [3.8, 4) is 17.2 Å². The van der Waals surface area contributed by atoms with Gasteiger partial charge in [0.1, 0.15) is 0 Å². The molecule has 1 fully saturated rings. The van der Waals surface area contributed by atoms with E-state index < -0.39 is 11.9 Å². The molecule has 0 aromatic heterocycles. The summed E-state index contributed by atoms with van der Waals surface area (Å²) in [5, 5.41) is 10.6. The van der Waals surface area contributed by atoms with Crippen molar-refractivity contribution in [3.63, 3.8) is 0 Å². The number of hydrogen-bond donors (Lipinski definition) is 1. The van der Waals surface area contributed by atoms with E-state index in [1.165, 1.54) is 34.7 Å². The molecule has 9 nitrogen and oxygen atoms in total. The zero-order valence-electron chi connectivity index (χ0n) is 14.6. The van der Waals surface area contributed by atoms with Crippen molar-refractivity contribution in [2.24, 2.45) is 10.2 Å². The zero-order chi connectivity index (χ0) is 19.1. The third kappa shape index (κ3) is 4.54. The lowest BCUT2D eigenvalue weighted by Gasteiger charge is -2.12. The third-order valence-electron chi connectivity index (χ3n) is 3.14. The highest BCUT2D eigenvalue weighted by Gasteiger charge is 2.25. The Morgan fingerprint density at radius 3 is 2.31 bits per heavy atom. The number of nitrogens with zero attached hydrogens (tertiary/aromatic N) is 2. The Morgan fingerprint density at radius 1 is 1.12 bits per heavy atom. The Bertz CT molecular complexity index is 778. The topological polar surface area (TPSA) is 108 Å². The summed E-state index contributed by atoms with van der Waals surface area (Å²) < 4.78 is 20.3. The predicted octanol–water partition coefficient (Wildman–Crippen LogP) is 1.32. The third-order valence-corrected chi connectivity index (χ3v) is 4.04. The van der Waals surface area contributed by atoms with Crippen LogP contribution in [0.15, 0.2) is 33.3 Å². The van der Waals surface area contributed by atoms with Gasteiger partial charge in [0.05, 0.1) is 39.6 Å². The molecule has 0 aliphatic carbocycles. The second-order valence-corrected chi connectivity index (χ2v) is 5.73. The summed E-state index contributed by atoms with van der Waals surface area (Å²) in [6.07, 6.45) is 2.55. The predicted molar refractivity (Wildman–Crippen MR) is 97.0 cm³/mol. The molecule has 1 aliphatic heterocycles. The van der Waals surface area contributed by atoms with E-state index in [1.54, 1.807) is 12.1 Å². The normalized spacial score (nSPS) is 16.8. The van der Waals surface area contributed by atoms with E-state index in [0.717, 1.165) is 17.8 Å². The van der Waals surface area contributed by atoms with Crippen molar-refractivity contribution in [3.05, 3.63) is 28.7 Å². The summed E-state index contributed by atoms with van der Waals surface area (Å²) in [6, 6.07) is 3.40. The Labute approximate surface area is 154 Å². The molecule has 138 valence electrons. The molecule has 1 amide bonds. The van der Waals surface area contributed by atoms with Crippen molar-refractivity contribution in [2.45, 2.75) is 0 Å². The number of hydrogen-bond acceptors (Lipinski definition) is 9. The maximum Gasteiger partial charge on any atom is 0.331 e. The minimum Gasteiger partial charge on any atom is -0.493 e. The van der Waals surface area contributed by atoms with Crippen LogP contribution in [0.5, 0.6) is 17.2 Å². The van der Waals surface area contributed by atoms with E-state index in [1.807, 2.05) is 0 Å². The molecule has 1 heterocycles. The standard InChI is InChI=1S/C16H17N3O6S/c1-22-10-5-9(6-11(23-2)14(10)25-4)8-17-19-16-18-15(21)12(26-16)7-13(20)24-3/h5-8H,1-4H3,(H,18,19,21). The fraction of sp³-hybridized carbons (Fsp3) is 0.250. The number of carbonyl (C=O) groups excluding carboxylic acids is 2. The lowest BCUT2D eigenvalue weighted by atomic mass is 10.2. The summed E-state index contributed by atoms with van der Waals surface area (Å²) in [4.78, 5) is 23.1. The summed E-state index contributed by atoms with van der Waals surface area (Å²) >= 11 is 0.985. The van der Waals surface area contributed by atoms with Crippen molar-refractivity contribution >= 4 is 35.0 Å². The molecular weight excluding hydrogens is 362 g/mol. The minimum absolute atomic E-state index is 0.179. The van der Waals surface area contributed by atoms with Crippen LogP contribution in [-0.4, -0.2) is 51.7 Å². The van der Waals surface area contributed by atoms with E-state index in [9.17, 15) is 9.59 Å². The number of amidine groups is 1. The highest BCUT2D eigenvalue weighted by molar-refractivity contribution is 8.18. The lowest BCUT2D eigenvalue weighted by Crippen LogP contribution is -2.19. The number of methoxy groups -OCH3 is 4. The fourth-order valence-corrected chi connectivity index (χ4v) is 2.70. The Morgan fingerprint density at radius 2 is 1.77 bits per heavy atom. The lowest BCUT2D eigenvalue weighted by molar-refractivity contribution is -0.135. The Hall–Kier alpha value is -3.01. The van der Waals surface area contributed by atoms with Gasteiger partial charge in [-0.2, -0.15) is 5.10 Å². The van der Waals surface area contributed by atoms with Crippen LogP contribution < -0.4 is 19.5 Å². The average Bonchev–Trinajstić information content (AvgIpc) is 2.99. The number of carbonyl (C=O) groups is 2. The van der Waals surface area contributed by atoms with Gasteiger partial charge in [0.2, 0.25) is 5.75 Å². The van der Waals surface area contributed by atoms with Crippen LogP contribution in [0.3, 0.4) is 0 Å². The smallest absolute Gasteiger partial charge is 0.331 e. The quantitative estimate of drug-likeness (QED) is 0.344. The van der Waals surface area contributed by atoms with E-state index in [4.69, 9.17) is 14.2 Å². The molecule has 1 N–H and O–H groups in total. The summed E-state index contributed by atoms with van der Waals surface area (Å²) in [7, 11) is 5.77. The summed E-state index contributed by atoms with van der Waals surface area (Å²) in [5.74, 6) is 0.363. The van der Waals surface area contributed by atoms with Crippen molar-refractivity contribution in [2.75, 3.05) is 28.4 Å². The molecule has 1 aromatic rings. The highest BCUT2D eigenvalue weighted by Crippen LogP contribution is 2.37. The number of amides is 1. The molecule has 0 saturated carbocycles. The number of esters is 1. The van der Waals surface area contributed by atoms with Gasteiger partial charge >= 0.3 is 5.97 Å². The maximum atomic E-state index is 11.7.